The van der Waals surface area contributed by atoms with Gasteiger partial charge in [0.15, 0.2) is 5.76 Å². The number of rotatable bonds is 3. The Kier molecular flexibility index (Phi) is 4.26. The molecule has 0 unspecified atom stereocenters. The summed E-state index contributed by atoms with van der Waals surface area (Å²) in [5, 5.41) is 28.9. The molecule has 5 rings (SSSR count). The minimum absolute atomic E-state index is 0.123. The molecule has 0 saturated carbocycles. The van der Waals surface area contributed by atoms with Gasteiger partial charge in [0.25, 0.3) is 0 Å². The maximum Gasteiger partial charge on any atom is 0.361 e. The number of aromatic nitrogens is 1. The standard InChI is InChI=1S/C25H17NO5/c27-18-7-1-15(2-8-18)21-13-26-14-22(16-3-9-19(28)10-4-16)31-25(30)24(26)23(21)17-5-11-20(29)12-6-17/h1-14,27-29H. The summed E-state index contributed by atoms with van der Waals surface area (Å²) in [6.45, 7) is 0. The zero-order valence-corrected chi connectivity index (χ0v) is 16.2. The lowest BCUT2D eigenvalue weighted by molar-refractivity contribution is 0.474. The Hall–Kier alpha value is -4.45. The van der Waals surface area contributed by atoms with Crippen LogP contribution in [0.4, 0.5) is 0 Å². The number of benzene rings is 3. The van der Waals surface area contributed by atoms with E-state index in [1.54, 1.807) is 71.3 Å². The number of aromatic hydroxyl groups is 3. The molecule has 5 aromatic rings. The molecule has 0 fully saturated rings. The molecule has 0 atom stereocenters. The first kappa shape index (κ1) is 18.6. The zero-order valence-electron chi connectivity index (χ0n) is 16.2. The summed E-state index contributed by atoms with van der Waals surface area (Å²) < 4.78 is 7.34. The van der Waals surface area contributed by atoms with Crippen molar-refractivity contribution in [3.8, 4) is 50.8 Å². The van der Waals surface area contributed by atoms with Gasteiger partial charge in [-0.25, -0.2) is 4.79 Å². The second-order valence-corrected chi connectivity index (χ2v) is 7.20. The molecule has 3 N–H and O–H groups in total. The van der Waals surface area contributed by atoms with Gasteiger partial charge in [0.2, 0.25) is 0 Å². The predicted octanol–water partition coefficient (Wildman–Crippen LogP) is 5.01. The minimum atomic E-state index is -0.515. The Morgan fingerprint density at radius 2 is 1.10 bits per heavy atom. The van der Waals surface area contributed by atoms with Crippen LogP contribution >= 0.6 is 0 Å². The minimum Gasteiger partial charge on any atom is -0.508 e. The van der Waals surface area contributed by atoms with Gasteiger partial charge in [-0.05, 0) is 59.7 Å². The summed E-state index contributed by atoms with van der Waals surface area (Å²) in [4.78, 5) is 13.1. The van der Waals surface area contributed by atoms with Crippen LogP contribution in [-0.4, -0.2) is 19.7 Å². The summed E-state index contributed by atoms with van der Waals surface area (Å²) in [6.07, 6.45) is 3.56. The third-order valence-electron chi connectivity index (χ3n) is 5.17. The van der Waals surface area contributed by atoms with E-state index >= 15 is 0 Å². The normalized spacial score (nSPS) is 11.1. The summed E-state index contributed by atoms with van der Waals surface area (Å²) in [5.41, 5.74) is 3.50. The average Bonchev–Trinajstić information content (AvgIpc) is 3.15. The number of hydrogen-bond acceptors (Lipinski definition) is 5. The second kappa shape index (κ2) is 7.11. The first-order valence-electron chi connectivity index (χ1n) is 9.56. The van der Waals surface area contributed by atoms with E-state index < -0.39 is 5.63 Å². The van der Waals surface area contributed by atoms with Gasteiger partial charge >= 0.3 is 5.63 Å². The Bertz CT molecular complexity index is 1440. The fraction of sp³-hybridized carbons (Fsp3) is 0. The van der Waals surface area contributed by atoms with Crippen LogP contribution in [-0.2, 0) is 0 Å². The van der Waals surface area contributed by atoms with Gasteiger partial charge < -0.3 is 24.1 Å². The van der Waals surface area contributed by atoms with Crippen molar-refractivity contribution in [1.29, 1.82) is 0 Å². The van der Waals surface area contributed by atoms with E-state index in [1.807, 2.05) is 6.20 Å². The highest BCUT2D eigenvalue weighted by Gasteiger charge is 2.19. The molecule has 31 heavy (non-hydrogen) atoms. The van der Waals surface area contributed by atoms with Gasteiger partial charge in [-0.15, -0.1) is 0 Å². The summed E-state index contributed by atoms with van der Waals surface area (Å²) >= 11 is 0. The Morgan fingerprint density at radius 3 is 1.65 bits per heavy atom. The topological polar surface area (TPSA) is 95.3 Å². The van der Waals surface area contributed by atoms with Gasteiger partial charge in [0, 0.05) is 22.9 Å². The molecule has 6 nitrogen and oxygen atoms in total. The average molecular weight is 411 g/mol. The monoisotopic (exact) mass is 411 g/mol. The van der Waals surface area contributed by atoms with Crippen molar-refractivity contribution in [2.24, 2.45) is 0 Å². The van der Waals surface area contributed by atoms with Crippen LogP contribution in [0, 0.1) is 0 Å². The molecule has 0 saturated heterocycles. The van der Waals surface area contributed by atoms with E-state index in [-0.39, 0.29) is 17.2 Å². The number of nitrogens with zero attached hydrogens (tertiary/aromatic N) is 1. The maximum absolute atomic E-state index is 13.1. The van der Waals surface area contributed by atoms with E-state index in [9.17, 15) is 20.1 Å². The van der Waals surface area contributed by atoms with E-state index in [2.05, 4.69) is 0 Å². The first-order valence-corrected chi connectivity index (χ1v) is 9.56. The van der Waals surface area contributed by atoms with Crippen LogP contribution in [0.3, 0.4) is 0 Å². The van der Waals surface area contributed by atoms with E-state index in [0.717, 1.165) is 16.7 Å². The molecule has 0 spiro atoms. The summed E-state index contributed by atoms with van der Waals surface area (Å²) in [7, 11) is 0. The Balaban J connectivity index is 1.80. The number of fused-ring (bicyclic) bond motifs is 1. The van der Waals surface area contributed by atoms with Gasteiger partial charge in [0.05, 0.1) is 6.20 Å². The molecule has 6 heteroatoms. The SMILES string of the molecule is O=c1oc(-c2ccc(O)cc2)cn2cc(-c3ccc(O)cc3)c(-c3ccc(O)cc3)c12. The molecular formula is C25H17NO5. The Labute approximate surface area is 176 Å². The third-order valence-corrected chi connectivity index (χ3v) is 5.17. The van der Waals surface area contributed by atoms with Crippen molar-refractivity contribution in [1.82, 2.24) is 4.40 Å². The van der Waals surface area contributed by atoms with Crippen LogP contribution in [0.15, 0.2) is 94.4 Å². The molecule has 0 aliphatic rings. The smallest absolute Gasteiger partial charge is 0.361 e. The van der Waals surface area contributed by atoms with Crippen molar-refractivity contribution in [2.75, 3.05) is 0 Å². The van der Waals surface area contributed by atoms with Crippen molar-refractivity contribution in [3.05, 3.63) is 95.6 Å². The van der Waals surface area contributed by atoms with Crippen LogP contribution < -0.4 is 5.63 Å². The third kappa shape index (κ3) is 3.30. The van der Waals surface area contributed by atoms with Gasteiger partial charge in [0.1, 0.15) is 22.8 Å². The van der Waals surface area contributed by atoms with Crippen LogP contribution in [0.1, 0.15) is 0 Å². The second-order valence-electron chi connectivity index (χ2n) is 7.20. The largest absolute Gasteiger partial charge is 0.508 e. The highest BCUT2D eigenvalue weighted by Crippen LogP contribution is 2.37. The summed E-state index contributed by atoms with van der Waals surface area (Å²) in [5.74, 6) is 0.757. The molecule has 0 bridgehead atoms. The highest BCUT2D eigenvalue weighted by molar-refractivity contribution is 5.94. The molecule has 0 aliphatic heterocycles. The molecule has 152 valence electrons. The maximum atomic E-state index is 13.1. The van der Waals surface area contributed by atoms with Crippen LogP contribution in [0.2, 0.25) is 0 Å². The zero-order chi connectivity index (χ0) is 21.5. The van der Waals surface area contributed by atoms with Crippen molar-refractivity contribution < 1.29 is 19.7 Å². The van der Waals surface area contributed by atoms with Gasteiger partial charge in [-0.1, -0.05) is 24.3 Å². The van der Waals surface area contributed by atoms with Crippen molar-refractivity contribution >= 4 is 5.52 Å². The molecular weight excluding hydrogens is 394 g/mol. The van der Waals surface area contributed by atoms with Crippen LogP contribution in [0.25, 0.3) is 39.1 Å². The van der Waals surface area contributed by atoms with E-state index in [4.69, 9.17) is 4.42 Å². The molecule has 2 aromatic heterocycles. The number of phenolic OH excluding ortho intramolecular Hbond substituents is 3. The van der Waals surface area contributed by atoms with Crippen molar-refractivity contribution in [2.45, 2.75) is 0 Å². The number of phenols is 3. The lowest BCUT2D eigenvalue weighted by Gasteiger charge is -2.06. The molecule has 0 aliphatic carbocycles. The molecule has 0 radical (unpaired) electrons. The van der Waals surface area contributed by atoms with E-state index in [0.29, 0.717) is 22.4 Å². The highest BCUT2D eigenvalue weighted by atomic mass is 16.4. The van der Waals surface area contributed by atoms with Crippen molar-refractivity contribution in [3.63, 3.8) is 0 Å². The quantitative estimate of drug-likeness (QED) is 0.388. The van der Waals surface area contributed by atoms with E-state index in [1.165, 1.54) is 12.1 Å². The fourth-order valence-electron chi connectivity index (χ4n) is 3.67. The predicted molar refractivity (Wildman–Crippen MR) is 117 cm³/mol. The molecule has 0 amide bonds. The van der Waals surface area contributed by atoms with Crippen LogP contribution in [0.5, 0.6) is 17.2 Å². The summed E-state index contributed by atoms with van der Waals surface area (Å²) in [6, 6.07) is 19.7. The fourth-order valence-corrected chi connectivity index (χ4v) is 3.67. The molecule has 3 aromatic carbocycles. The van der Waals surface area contributed by atoms with Gasteiger partial charge in [-0.2, -0.15) is 0 Å². The molecule has 2 heterocycles. The lowest BCUT2D eigenvalue weighted by atomic mass is 9.97. The Morgan fingerprint density at radius 1 is 0.613 bits per heavy atom. The first-order chi connectivity index (χ1) is 15.0. The van der Waals surface area contributed by atoms with Gasteiger partial charge in [-0.3, -0.25) is 0 Å². The number of hydrogen-bond donors (Lipinski definition) is 3. The lowest BCUT2D eigenvalue weighted by Crippen LogP contribution is -2.05.